The lowest BCUT2D eigenvalue weighted by atomic mass is 10.1. The van der Waals surface area contributed by atoms with Gasteiger partial charge in [0, 0.05) is 27.8 Å². The predicted molar refractivity (Wildman–Crippen MR) is 136 cm³/mol. The predicted octanol–water partition coefficient (Wildman–Crippen LogP) is 5.73. The van der Waals surface area contributed by atoms with Crippen molar-refractivity contribution in [2.75, 3.05) is 19.0 Å². The lowest BCUT2D eigenvalue weighted by Gasteiger charge is -2.10. The van der Waals surface area contributed by atoms with E-state index in [-0.39, 0.29) is 11.4 Å². The monoisotopic (exact) mass is 490 g/mol. The Labute approximate surface area is 204 Å². The summed E-state index contributed by atoms with van der Waals surface area (Å²) in [6.45, 7) is 4.67. The lowest BCUT2D eigenvalue weighted by molar-refractivity contribution is 0.404. The summed E-state index contributed by atoms with van der Waals surface area (Å²) in [5.41, 5.74) is 4.02. The van der Waals surface area contributed by atoms with Crippen LogP contribution in [0, 0.1) is 19.7 Å². The summed E-state index contributed by atoms with van der Waals surface area (Å²) < 4.78 is 25.9. The van der Waals surface area contributed by atoms with Gasteiger partial charge in [-0.3, -0.25) is 4.79 Å². The number of nitrogens with one attached hydrogen (secondary N) is 2. The fourth-order valence-electron chi connectivity index (χ4n) is 4.20. The topological polar surface area (TPSA) is 93.0 Å². The van der Waals surface area contributed by atoms with Gasteiger partial charge in [-0.2, -0.15) is 5.16 Å². The highest BCUT2D eigenvalue weighted by Gasteiger charge is 2.14. The van der Waals surface area contributed by atoms with Crippen LogP contribution in [0.15, 0.2) is 58.1 Å². The van der Waals surface area contributed by atoms with Gasteiger partial charge < -0.3 is 14.6 Å². The Balaban J connectivity index is 1.34. The molecule has 0 amide bonds. The molecule has 0 unspecified atom stereocenters. The summed E-state index contributed by atoms with van der Waals surface area (Å²) in [4.78, 5) is 21.4. The number of fused-ring (bicyclic) bond motifs is 1. The molecule has 35 heavy (non-hydrogen) atoms. The molecule has 0 saturated heterocycles. The van der Waals surface area contributed by atoms with Gasteiger partial charge in [0.05, 0.1) is 24.4 Å². The molecule has 0 fully saturated rings. The van der Waals surface area contributed by atoms with Crippen molar-refractivity contribution in [2.24, 2.45) is 0 Å². The second-order valence-corrected chi connectivity index (χ2v) is 9.42. The molecule has 0 aliphatic carbocycles. The zero-order valence-electron chi connectivity index (χ0n) is 19.4. The maximum atomic E-state index is 14.0. The second-order valence-electron chi connectivity index (χ2n) is 8.19. The van der Waals surface area contributed by atoms with Crippen LogP contribution in [0.5, 0.6) is 5.75 Å². The summed E-state index contributed by atoms with van der Waals surface area (Å²) >= 11 is 1.71. The average molecular weight is 491 g/mol. The van der Waals surface area contributed by atoms with Crippen molar-refractivity contribution >= 4 is 27.2 Å². The number of ether oxygens (including phenoxy) is 1. The normalized spacial score (nSPS) is 11.2. The van der Waals surface area contributed by atoms with Crippen LogP contribution in [-0.4, -0.2) is 28.8 Å². The number of rotatable bonds is 7. The first-order chi connectivity index (χ1) is 16.9. The Kier molecular flexibility index (Phi) is 6.08. The molecule has 0 bridgehead atoms. The molecule has 0 aliphatic rings. The van der Waals surface area contributed by atoms with Crippen LogP contribution in [0.4, 0.5) is 10.2 Å². The van der Waals surface area contributed by atoms with E-state index in [2.05, 4.69) is 27.4 Å². The SMILES string of the molecule is COc1cc(-c2cc(NCCc3c(C)sc4c(C)cc(F)cc34)ncn2)ccc1-c1cc(=O)[nH]o1. The van der Waals surface area contributed by atoms with E-state index < -0.39 is 0 Å². The molecule has 3 aromatic heterocycles. The summed E-state index contributed by atoms with van der Waals surface area (Å²) in [5.74, 6) is 1.44. The number of anilines is 1. The van der Waals surface area contributed by atoms with Gasteiger partial charge in [0.1, 0.15) is 23.7 Å². The van der Waals surface area contributed by atoms with E-state index >= 15 is 0 Å². The van der Waals surface area contributed by atoms with Crippen LogP contribution in [0.25, 0.3) is 32.7 Å². The Morgan fingerprint density at radius 2 is 2.00 bits per heavy atom. The van der Waals surface area contributed by atoms with Crippen molar-refractivity contribution in [3.05, 3.63) is 81.0 Å². The minimum absolute atomic E-state index is 0.206. The van der Waals surface area contributed by atoms with E-state index in [0.717, 1.165) is 38.9 Å². The van der Waals surface area contributed by atoms with Gasteiger partial charge in [0.25, 0.3) is 5.56 Å². The number of halogens is 1. The molecule has 9 heteroatoms. The van der Waals surface area contributed by atoms with Gasteiger partial charge in [-0.1, -0.05) is 6.07 Å². The van der Waals surface area contributed by atoms with Gasteiger partial charge in [-0.05, 0) is 61.0 Å². The molecule has 5 rings (SSSR count). The van der Waals surface area contributed by atoms with E-state index in [9.17, 15) is 9.18 Å². The highest BCUT2D eigenvalue weighted by Crippen LogP contribution is 2.35. The molecule has 2 aromatic carbocycles. The molecule has 0 spiro atoms. The van der Waals surface area contributed by atoms with E-state index in [1.165, 1.54) is 17.3 Å². The highest BCUT2D eigenvalue weighted by atomic mass is 32.1. The molecule has 0 atom stereocenters. The van der Waals surface area contributed by atoms with Crippen molar-refractivity contribution in [1.29, 1.82) is 0 Å². The minimum Gasteiger partial charge on any atom is -0.496 e. The van der Waals surface area contributed by atoms with Gasteiger partial charge in [0.15, 0.2) is 5.76 Å². The summed E-state index contributed by atoms with van der Waals surface area (Å²) in [6.07, 6.45) is 2.26. The first-order valence-corrected chi connectivity index (χ1v) is 11.9. The molecule has 2 N–H and O–H groups in total. The summed E-state index contributed by atoms with van der Waals surface area (Å²) in [7, 11) is 1.56. The molecule has 0 radical (unpaired) electrons. The molecule has 0 aliphatic heterocycles. The molecule has 3 heterocycles. The number of aromatic nitrogens is 3. The van der Waals surface area contributed by atoms with E-state index in [0.29, 0.717) is 29.4 Å². The van der Waals surface area contributed by atoms with Crippen LogP contribution in [0.1, 0.15) is 16.0 Å². The molecule has 7 nitrogen and oxygen atoms in total. The first kappa shape index (κ1) is 22.8. The van der Waals surface area contributed by atoms with Gasteiger partial charge in [0.2, 0.25) is 0 Å². The molecule has 5 aromatic rings. The third kappa shape index (κ3) is 4.54. The van der Waals surface area contributed by atoms with Crippen molar-refractivity contribution in [1.82, 2.24) is 15.1 Å². The number of hydrogen-bond acceptors (Lipinski definition) is 7. The molecular formula is C26H23FN4O3S. The van der Waals surface area contributed by atoms with E-state index in [1.54, 1.807) is 30.6 Å². The largest absolute Gasteiger partial charge is 0.496 e. The maximum absolute atomic E-state index is 14.0. The summed E-state index contributed by atoms with van der Waals surface area (Å²) in [5, 5.41) is 6.63. The fraction of sp³-hybridized carbons (Fsp3) is 0.192. The number of aromatic amines is 1. The fourth-order valence-corrected chi connectivity index (χ4v) is 5.36. The zero-order valence-corrected chi connectivity index (χ0v) is 20.3. The van der Waals surface area contributed by atoms with Gasteiger partial charge in [-0.15, -0.1) is 11.3 Å². The zero-order chi connectivity index (χ0) is 24.5. The molecule has 0 saturated carbocycles. The minimum atomic E-state index is -0.316. The second kappa shape index (κ2) is 9.34. The third-order valence-electron chi connectivity index (χ3n) is 5.88. The van der Waals surface area contributed by atoms with E-state index in [1.807, 2.05) is 31.2 Å². The van der Waals surface area contributed by atoms with E-state index in [4.69, 9.17) is 9.26 Å². The molecule has 178 valence electrons. The number of nitrogens with zero attached hydrogens (tertiary/aromatic N) is 2. The van der Waals surface area contributed by atoms with Crippen molar-refractivity contribution < 1.29 is 13.7 Å². The number of methoxy groups -OCH3 is 1. The maximum Gasteiger partial charge on any atom is 0.280 e. The number of benzene rings is 2. The van der Waals surface area contributed by atoms with Crippen molar-refractivity contribution in [2.45, 2.75) is 20.3 Å². The van der Waals surface area contributed by atoms with Crippen LogP contribution in [-0.2, 0) is 6.42 Å². The highest BCUT2D eigenvalue weighted by molar-refractivity contribution is 7.19. The smallest absolute Gasteiger partial charge is 0.280 e. The Morgan fingerprint density at radius 3 is 2.77 bits per heavy atom. The number of hydrogen-bond donors (Lipinski definition) is 2. The number of H-pyrrole nitrogens is 1. The van der Waals surface area contributed by atoms with Crippen LogP contribution >= 0.6 is 11.3 Å². The first-order valence-electron chi connectivity index (χ1n) is 11.0. The number of aryl methyl sites for hydroxylation is 2. The third-order valence-corrected chi connectivity index (χ3v) is 7.18. The van der Waals surface area contributed by atoms with Gasteiger partial charge in [-0.25, -0.2) is 14.4 Å². The Bertz CT molecular complexity index is 1590. The quantitative estimate of drug-likeness (QED) is 0.303. The Hall–Kier alpha value is -3.98. The van der Waals surface area contributed by atoms with Gasteiger partial charge >= 0.3 is 0 Å². The Morgan fingerprint density at radius 1 is 1.14 bits per heavy atom. The van der Waals surface area contributed by atoms with Crippen LogP contribution < -0.4 is 15.6 Å². The summed E-state index contributed by atoms with van der Waals surface area (Å²) in [6, 6.07) is 12.0. The molecular weight excluding hydrogens is 467 g/mol. The standard InChI is InChI=1S/C26H23FN4O3S/c1-14-8-17(27)10-20-18(15(2)35-26(14)20)6-7-28-24-11-21(29-13-30-24)16-4-5-19(22(9-16)33-3)23-12-25(32)31-34-23/h4-5,8-13H,6-7H2,1-3H3,(H,31,32)(H,28,29,30). The number of thiophene rings is 1. The average Bonchev–Trinajstić information content (AvgIpc) is 3.42. The van der Waals surface area contributed by atoms with Crippen LogP contribution in [0.3, 0.4) is 0 Å². The van der Waals surface area contributed by atoms with Crippen molar-refractivity contribution in [3.8, 4) is 28.3 Å². The lowest BCUT2D eigenvalue weighted by Crippen LogP contribution is -2.07. The van der Waals surface area contributed by atoms with Crippen molar-refractivity contribution in [3.63, 3.8) is 0 Å². The van der Waals surface area contributed by atoms with Crippen LogP contribution in [0.2, 0.25) is 0 Å².